The van der Waals surface area contributed by atoms with Gasteiger partial charge in [-0.1, -0.05) is 17.2 Å². The fourth-order valence-corrected chi connectivity index (χ4v) is 6.12. The molecule has 0 saturated heterocycles. The van der Waals surface area contributed by atoms with Crippen molar-refractivity contribution < 1.29 is 0 Å². The minimum absolute atomic E-state index is 0.729. The average Bonchev–Trinajstić information content (AvgIpc) is 2.54. The van der Waals surface area contributed by atoms with Crippen LogP contribution in [0.1, 0.15) is 65.2 Å². The molecular weight excluding hydrogens is 216 g/mol. The summed E-state index contributed by atoms with van der Waals surface area (Å²) in [6.45, 7) is 4.67. The maximum atomic E-state index is 2.51. The highest BCUT2D eigenvalue weighted by atomic mass is 14.6. The van der Waals surface area contributed by atoms with E-state index >= 15 is 0 Å². The molecule has 0 aromatic rings. The largest absolute Gasteiger partial charge is 0.0690 e. The first-order valence-corrected chi connectivity index (χ1v) is 7.98. The lowest BCUT2D eigenvalue weighted by Gasteiger charge is -2.57. The van der Waals surface area contributed by atoms with Crippen molar-refractivity contribution >= 4 is 0 Å². The maximum absolute atomic E-state index is 2.51. The van der Waals surface area contributed by atoms with Gasteiger partial charge < -0.3 is 0 Å². The standard InChI is InChI=1S/C18H26/c1-12-3-13(2)17(4-12)11-18-8-14-5-15(9-18)7-16(6-14)10-18/h4,14-16H,3,5-11H2,1-2H3. The van der Waals surface area contributed by atoms with Gasteiger partial charge in [0.25, 0.3) is 0 Å². The molecule has 0 spiro atoms. The first kappa shape index (κ1) is 11.3. The number of hydrogen-bond donors (Lipinski definition) is 0. The summed E-state index contributed by atoms with van der Waals surface area (Å²) in [5.74, 6) is 3.30. The van der Waals surface area contributed by atoms with Gasteiger partial charge in [0.15, 0.2) is 0 Å². The Hall–Kier alpha value is -0.520. The predicted molar refractivity (Wildman–Crippen MR) is 76.3 cm³/mol. The van der Waals surface area contributed by atoms with Crippen molar-refractivity contribution in [3.8, 4) is 0 Å². The van der Waals surface area contributed by atoms with E-state index in [0.29, 0.717) is 0 Å². The van der Waals surface area contributed by atoms with Gasteiger partial charge in [-0.15, -0.1) is 0 Å². The van der Waals surface area contributed by atoms with Crippen molar-refractivity contribution in [1.82, 2.24) is 0 Å². The molecule has 0 nitrogen and oxygen atoms in total. The Balaban J connectivity index is 1.59. The van der Waals surface area contributed by atoms with Crippen molar-refractivity contribution in [2.75, 3.05) is 0 Å². The average molecular weight is 242 g/mol. The van der Waals surface area contributed by atoms with E-state index in [4.69, 9.17) is 0 Å². The van der Waals surface area contributed by atoms with E-state index in [2.05, 4.69) is 19.9 Å². The molecule has 0 heteroatoms. The molecule has 98 valence electrons. The summed E-state index contributed by atoms with van der Waals surface area (Å²) < 4.78 is 0. The highest BCUT2D eigenvalue weighted by molar-refractivity contribution is 5.38. The first-order chi connectivity index (χ1) is 8.62. The predicted octanol–water partition coefficient (Wildman–Crippen LogP) is 5.26. The summed E-state index contributed by atoms with van der Waals surface area (Å²) in [7, 11) is 0. The molecule has 5 aliphatic carbocycles. The van der Waals surface area contributed by atoms with Gasteiger partial charge >= 0.3 is 0 Å². The Morgan fingerprint density at radius 2 is 1.56 bits per heavy atom. The normalized spacial score (nSPS) is 45.9. The Morgan fingerprint density at radius 1 is 1.00 bits per heavy atom. The second-order valence-electron chi connectivity index (χ2n) is 8.07. The van der Waals surface area contributed by atoms with Gasteiger partial charge in [-0.05, 0) is 94.0 Å². The highest BCUT2D eigenvalue weighted by Gasteiger charge is 2.50. The fourth-order valence-electron chi connectivity index (χ4n) is 6.12. The van der Waals surface area contributed by atoms with Crippen LogP contribution in [0.15, 0.2) is 22.8 Å². The van der Waals surface area contributed by atoms with Crippen LogP contribution >= 0.6 is 0 Å². The van der Waals surface area contributed by atoms with E-state index in [1.807, 2.05) is 0 Å². The second kappa shape index (κ2) is 3.74. The van der Waals surface area contributed by atoms with E-state index in [1.54, 1.807) is 55.2 Å². The van der Waals surface area contributed by atoms with Crippen LogP contribution in [0, 0.1) is 23.2 Å². The molecule has 5 aliphatic rings. The molecule has 18 heavy (non-hydrogen) atoms. The summed E-state index contributed by atoms with van der Waals surface area (Å²) >= 11 is 0. The zero-order valence-corrected chi connectivity index (χ0v) is 12.0. The van der Waals surface area contributed by atoms with Gasteiger partial charge in [0, 0.05) is 0 Å². The van der Waals surface area contributed by atoms with Gasteiger partial charge in [0.05, 0.1) is 0 Å². The molecule has 0 radical (unpaired) electrons. The smallest absolute Gasteiger partial charge is 0.0105 e. The third-order valence-corrected chi connectivity index (χ3v) is 6.24. The molecule has 4 fully saturated rings. The summed E-state index contributed by atoms with van der Waals surface area (Å²) in [6.07, 6.45) is 14.6. The van der Waals surface area contributed by atoms with Crippen LogP contribution in [-0.4, -0.2) is 0 Å². The van der Waals surface area contributed by atoms with Crippen molar-refractivity contribution in [2.24, 2.45) is 23.2 Å². The Kier molecular flexibility index (Phi) is 2.35. The third-order valence-electron chi connectivity index (χ3n) is 6.24. The topological polar surface area (TPSA) is 0 Å². The molecule has 0 amide bonds. The van der Waals surface area contributed by atoms with Crippen molar-refractivity contribution in [3.63, 3.8) is 0 Å². The van der Waals surface area contributed by atoms with Gasteiger partial charge in [0.2, 0.25) is 0 Å². The molecule has 0 aromatic carbocycles. The van der Waals surface area contributed by atoms with Crippen LogP contribution < -0.4 is 0 Å². The zero-order chi connectivity index (χ0) is 12.3. The van der Waals surface area contributed by atoms with E-state index in [9.17, 15) is 0 Å². The van der Waals surface area contributed by atoms with Crippen molar-refractivity contribution in [2.45, 2.75) is 65.2 Å². The van der Waals surface area contributed by atoms with Crippen LogP contribution in [-0.2, 0) is 0 Å². The van der Waals surface area contributed by atoms with E-state index in [0.717, 1.165) is 23.2 Å². The van der Waals surface area contributed by atoms with Gasteiger partial charge in [-0.2, -0.15) is 0 Å². The lowest BCUT2D eigenvalue weighted by Crippen LogP contribution is -2.46. The molecule has 0 heterocycles. The molecule has 0 N–H and O–H groups in total. The summed E-state index contributed by atoms with van der Waals surface area (Å²) in [5.41, 5.74) is 5.71. The van der Waals surface area contributed by atoms with Crippen molar-refractivity contribution in [1.29, 1.82) is 0 Å². The molecular formula is C18H26. The van der Waals surface area contributed by atoms with Gasteiger partial charge in [0.1, 0.15) is 0 Å². The molecule has 4 saturated carbocycles. The molecule has 0 atom stereocenters. The summed E-state index contributed by atoms with van der Waals surface area (Å²) in [6, 6.07) is 0. The minimum Gasteiger partial charge on any atom is -0.0690 e. The number of rotatable bonds is 2. The molecule has 0 aromatic heterocycles. The van der Waals surface area contributed by atoms with Crippen molar-refractivity contribution in [3.05, 3.63) is 22.8 Å². The highest BCUT2D eigenvalue weighted by Crippen LogP contribution is 2.62. The van der Waals surface area contributed by atoms with E-state index < -0.39 is 0 Å². The maximum Gasteiger partial charge on any atom is -0.0105 e. The van der Waals surface area contributed by atoms with Crippen LogP contribution in [0.5, 0.6) is 0 Å². The van der Waals surface area contributed by atoms with Gasteiger partial charge in [-0.3, -0.25) is 0 Å². The van der Waals surface area contributed by atoms with Crippen LogP contribution in [0.4, 0.5) is 0 Å². The van der Waals surface area contributed by atoms with Crippen LogP contribution in [0.2, 0.25) is 0 Å². The molecule has 4 bridgehead atoms. The Bertz CT molecular complexity index is 400. The lowest BCUT2D eigenvalue weighted by molar-refractivity contribution is -0.0517. The summed E-state index contributed by atoms with van der Waals surface area (Å²) in [5, 5.41) is 0. The SMILES string of the molecule is CC1=CC(CC23CC4CC(CC(C4)C2)C3)=C(C)C1. The van der Waals surface area contributed by atoms with Crippen LogP contribution in [0.3, 0.4) is 0 Å². The minimum atomic E-state index is 0.729. The molecule has 0 unspecified atom stereocenters. The van der Waals surface area contributed by atoms with E-state index in [1.165, 1.54) is 12.8 Å². The number of hydrogen-bond acceptors (Lipinski definition) is 0. The number of allylic oxidation sites excluding steroid dienone is 4. The fraction of sp³-hybridized carbons (Fsp3) is 0.778. The lowest BCUT2D eigenvalue weighted by atomic mass is 9.48. The summed E-state index contributed by atoms with van der Waals surface area (Å²) in [4.78, 5) is 0. The Labute approximate surface area is 112 Å². The zero-order valence-electron chi connectivity index (χ0n) is 12.0. The monoisotopic (exact) mass is 242 g/mol. The van der Waals surface area contributed by atoms with Crippen LogP contribution in [0.25, 0.3) is 0 Å². The first-order valence-electron chi connectivity index (χ1n) is 7.98. The quantitative estimate of drug-likeness (QED) is 0.619. The third kappa shape index (κ3) is 1.72. The van der Waals surface area contributed by atoms with Gasteiger partial charge in [-0.25, -0.2) is 0 Å². The van der Waals surface area contributed by atoms with E-state index in [-0.39, 0.29) is 0 Å². The molecule has 0 aliphatic heterocycles. The second-order valence-corrected chi connectivity index (χ2v) is 8.07. The Morgan fingerprint density at radius 3 is 2.00 bits per heavy atom. The molecule has 5 rings (SSSR count).